The van der Waals surface area contributed by atoms with E-state index in [1.54, 1.807) is 4.90 Å². The van der Waals surface area contributed by atoms with Crippen molar-refractivity contribution in [1.82, 2.24) is 4.90 Å². The number of hydrogen-bond donors (Lipinski definition) is 0. The number of rotatable bonds is 8. The summed E-state index contributed by atoms with van der Waals surface area (Å²) < 4.78 is 2.23. The Kier molecular flexibility index (Phi) is 9.08. The second kappa shape index (κ2) is 10.3. The summed E-state index contributed by atoms with van der Waals surface area (Å²) in [5.74, 6) is 1.30. The van der Waals surface area contributed by atoms with Gasteiger partial charge in [0.25, 0.3) is 5.84 Å². The standard InChI is InChI=1S/C18H29N2O3.HI/c1-3-16(21)9-10-17(22)11-12-19-14(2)20(13-18(19)23)15-7-5-4-6-8-15;/h15H,3-13H2,1-2H3;1H/q+1;/p-1. The van der Waals surface area contributed by atoms with Crippen molar-refractivity contribution in [3.05, 3.63) is 0 Å². The number of carbonyl (C=O) groups excluding carboxylic acids is 3. The third kappa shape index (κ3) is 5.63. The number of amides is 1. The van der Waals surface area contributed by atoms with Gasteiger partial charge in [0.05, 0.1) is 6.04 Å². The van der Waals surface area contributed by atoms with E-state index >= 15 is 0 Å². The lowest BCUT2D eigenvalue weighted by atomic mass is 9.95. The van der Waals surface area contributed by atoms with Gasteiger partial charge in [-0.05, 0) is 25.7 Å². The Morgan fingerprint density at radius 3 is 2.33 bits per heavy atom. The molecule has 6 heteroatoms. The number of carbonyl (C=O) groups is 3. The van der Waals surface area contributed by atoms with Gasteiger partial charge in [-0.15, -0.1) is 0 Å². The molecule has 2 aliphatic rings. The quantitative estimate of drug-likeness (QED) is 0.365. The van der Waals surface area contributed by atoms with E-state index in [9.17, 15) is 14.4 Å². The minimum absolute atomic E-state index is 0. The van der Waals surface area contributed by atoms with Gasteiger partial charge in [-0.2, -0.15) is 4.90 Å². The van der Waals surface area contributed by atoms with Gasteiger partial charge in [-0.3, -0.25) is 14.2 Å². The molecule has 1 aliphatic carbocycles. The van der Waals surface area contributed by atoms with E-state index in [0.29, 0.717) is 44.8 Å². The van der Waals surface area contributed by atoms with Gasteiger partial charge in [-0.25, -0.2) is 4.79 Å². The summed E-state index contributed by atoms with van der Waals surface area (Å²) in [6.45, 7) is 4.71. The molecule has 0 spiro atoms. The summed E-state index contributed by atoms with van der Waals surface area (Å²) in [6.07, 6.45) is 7.58. The maximum atomic E-state index is 12.3. The molecular formula is C18H29IN2O3. The van der Waals surface area contributed by atoms with Crippen molar-refractivity contribution < 1.29 is 42.9 Å². The molecule has 1 fully saturated rings. The van der Waals surface area contributed by atoms with Gasteiger partial charge in [0, 0.05) is 32.6 Å². The van der Waals surface area contributed by atoms with E-state index in [1.165, 1.54) is 19.3 Å². The summed E-state index contributed by atoms with van der Waals surface area (Å²) in [5.41, 5.74) is 0. The monoisotopic (exact) mass is 448 g/mol. The molecule has 1 aliphatic heterocycles. The van der Waals surface area contributed by atoms with Crippen LogP contribution in [0.1, 0.15) is 71.6 Å². The Labute approximate surface area is 161 Å². The molecule has 1 saturated carbocycles. The first kappa shape index (κ1) is 21.3. The first-order chi connectivity index (χ1) is 11.0. The molecule has 0 saturated heterocycles. The molecule has 0 aromatic carbocycles. The Morgan fingerprint density at radius 2 is 1.71 bits per heavy atom. The summed E-state index contributed by atoms with van der Waals surface area (Å²) in [7, 11) is 0. The van der Waals surface area contributed by atoms with Gasteiger partial charge in [0.2, 0.25) is 0 Å². The average molecular weight is 448 g/mol. The predicted molar refractivity (Wildman–Crippen MR) is 88.6 cm³/mol. The van der Waals surface area contributed by atoms with Crippen LogP contribution < -0.4 is 24.0 Å². The largest absolute Gasteiger partial charge is 1.00 e. The first-order valence-corrected chi connectivity index (χ1v) is 8.97. The molecule has 2 rings (SSSR count). The highest BCUT2D eigenvalue weighted by Crippen LogP contribution is 2.22. The Bertz CT molecular complexity index is 510. The number of ketones is 2. The zero-order chi connectivity index (χ0) is 16.8. The molecule has 0 N–H and O–H groups in total. The van der Waals surface area contributed by atoms with Crippen LogP contribution in [0.25, 0.3) is 0 Å². The molecule has 5 nitrogen and oxygen atoms in total. The minimum Gasteiger partial charge on any atom is -1.00 e. The zero-order valence-electron chi connectivity index (χ0n) is 14.9. The molecule has 0 bridgehead atoms. The Hall–Kier alpha value is -0.790. The molecule has 0 atom stereocenters. The van der Waals surface area contributed by atoms with Gasteiger partial charge in [0.15, 0.2) is 6.54 Å². The fourth-order valence-corrected chi connectivity index (χ4v) is 3.57. The third-order valence-electron chi connectivity index (χ3n) is 5.12. The summed E-state index contributed by atoms with van der Waals surface area (Å²) in [5, 5.41) is 0. The Balaban J connectivity index is 0.00000288. The lowest BCUT2D eigenvalue weighted by Gasteiger charge is -2.21. The summed E-state index contributed by atoms with van der Waals surface area (Å²) in [4.78, 5) is 37.2. The number of nitrogens with zero attached hydrogens (tertiary/aromatic N) is 2. The predicted octanol–water partition coefficient (Wildman–Crippen LogP) is -0.685. The Morgan fingerprint density at radius 1 is 1.08 bits per heavy atom. The first-order valence-electron chi connectivity index (χ1n) is 8.97. The van der Waals surface area contributed by atoms with E-state index in [2.05, 4.69) is 4.58 Å². The molecule has 1 amide bonds. The topological polar surface area (TPSA) is 57.5 Å². The van der Waals surface area contributed by atoms with Crippen LogP contribution in [0.5, 0.6) is 0 Å². The number of Topliss-reactive ketones (excluding diaryl/α,β-unsaturated/α-hetero) is 2. The molecule has 136 valence electrons. The van der Waals surface area contributed by atoms with Gasteiger partial charge < -0.3 is 24.0 Å². The molecule has 24 heavy (non-hydrogen) atoms. The lowest BCUT2D eigenvalue weighted by molar-refractivity contribution is -0.555. The van der Waals surface area contributed by atoms with E-state index < -0.39 is 0 Å². The molecule has 1 heterocycles. The van der Waals surface area contributed by atoms with Crippen LogP contribution in [-0.4, -0.2) is 51.9 Å². The van der Waals surface area contributed by atoms with Crippen molar-refractivity contribution in [2.24, 2.45) is 0 Å². The van der Waals surface area contributed by atoms with Crippen LogP contribution in [0.4, 0.5) is 0 Å². The van der Waals surface area contributed by atoms with E-state index in [1.807, 2.05) is 13.8 Å². The smallest absolute Gasteiger partial charge is 0.350 e. The fourth-order valence-electron chi connectivity index (χ4n) is 3.57. The number of halogens is 1. The van der Waals surface area contributed by atoms with Gasteiger partial charge >= 0.3 is 5.91 Å². The van der Waals surface area contributed by atoms with Crippen molar-refractivity contribution in [3.8, 4) is 0 Å². The van der Waals surface area contributed by atoms with E-state index in [4.69, 9.17) is 0 Å². The van der Waals surface area contributed by atoms with Crippen molar-refractivity contribution in [3.63, 3.8) is 0 Å². The van der Waals surface area contributed by atoms with Gasteiger partial charge in [-0.1, -0.05) is 13.3 Å². The highest BCUT2D eigenvalue weighted by Gasteiger charge is 2.39. The van der Waals surface area contributed by atoms with Crippen molar-refractivity contribution >= 4 is 23.3 Å². The lowest BCUT2D eigenvalue weighted by Crippen LogP contribution is -3.00. The highest BCUT2D eigenvalue weighted by atomic mass is 127. The van der Waals surface area contributed by atoms with Crippen molar-refractivity contribution in [2.45, 2.75) is 77.7 Å². The van der Waals surface area contributed by atoms with Crippen molar-refractivity contribution in [1.29, 1.82) is 0 Å². The zero-order valence-corrected chi connectivity index (χ0v) is 17.0. The summed E-state index contributed by atoms with van der Waals surface area (Å²) >= 11 is 0. The third-order valence-corrected chi connectivity index (χ3v) is 5.12. The average Bonchev–Trinajstić information content (AvgIpc) is 2.85. The maximum absolute atomic E-state index is 12.3. The molecule has 0 aromatic rings. The minimum atomic E-state index is 0. The summed E-state index contributed by atoms with van der Waals surface area (Å²) in [6, 6.07) is 0.482. The van der Waals surface area contributed by atoms with Crippen molar-refractivity contribution in [2.75, 3.05) is 13.1 Å². The van der Waals surface area contributed by atoms with Gasteiger partial charge in [0.1, 0.15) is 18.1 Å². The van der Waals surface area contributed by atoms with Crippen LogP contribution in [0.3, 0.4) is 0 Å². The van der Waals surface area contributed by atoms with Crippen LogP contribution in [0.15, 0.2) is 0 Å². The van der Waals surface area contributed by atoms with E-state index in [-0.39, 0.29) is 41.5 Å². The number of hydrogen-bond acceptors (Lipinski definition) is 3. The molecular weight excluding hydrogens is 419 g/mol. The molecule has 0 radical (unpaired) electrons. The van der Waals surface area contributed by atoms with Crippen LogP contribution in [-0.2, 0) is 14.4 Å². The normalized spacial score (nSPS) is 18.8. The van der Waals surface area contributed by atoms with Crippen LogP contribution in [0.2, 0.25) is 0 Å². The fraction of sp³-hybridized carbons (Fsp3) is 0.778. The van der Waals surface area contributed by atoms with E-state index in [0.717, 1.165) is 18.7 Å². The second-order valence-electron chi connectivity index (χ2n) is 6.69. The van der Waals surface area contributed by atoms with Crippen LogP contribution in [0, 0.1) is 0 Å². The van der Waals surface area contributed by atoms with Crippen LogP contribution >= 0.6 is 0 Å². The molecule has 0 unspecified atom stereocenters. The molecule has 0 aromatic heterocycles. The highest BCUT2D eigenvalue weighted by molar-refractivity contribution is 5.99. The SMILES string of the molecule is CCC(=O)CCC(=O)CCN1C(=O)C[N+](C2CCCCC2)=C1C.[I-]. The number of amidine groups is 1. The maximum Gasteiger partial charge on any atom is 0.350 e. The second-order valence-corrected chi connectivity index (χ2v) is 6.69.